The number of anilines is 2. The maximum Gasteiger partial charge on any atom is 0.243 e. The molecule has 2 aromatic rings. The van der Waals surface area contributed by atoms with E-state index in [1.165, 1.54) is 12.1 Å². The first-order valence-electron chi connectivity index (χ1n) is 7.55. The van der Waals surface area contributed by atoms with Crippen LogP contribution in [0.4, 0.5) is 15.8 Å². The van der Waals surface area contributed by atoms with E-state index in [0.717, 1.165) is 0 Å². The van der Waals surface area contributed by atoms with Crippen molar-refractivity contribution >= 4 is 17.3 Å². The highest BCUT2D eigenvalue weighted by atomic mass is 19.1. The third kappa shape index (κ3) is 5.62. The summed E-state index contributed by atoms with van der Waals surface area (Å²) < 4.78 is 18.5. The Labute approximate surface area is 135 Å². The molecule has 5 heteroatoms. The summed E-state index contributed by atoms with van der Waals surface area (Å²) in [6.07, 6.45) is 0. The van der Waals surface area contributed by atoms with Crippen LogP contribution in [0.5, 0.6) is 5.75 Å². The van der Waals surface area contributed by atoms with E-state index < -0.39 is 0 Å². The van der Waals surface area contributed by atoms with Crippen LogP contribution in [0.3, 0.4) is 0 Å². The summed E-state index contributed by atoms with van der Waals surface area (Å²) in [5.74, 6) is 0.543. The Morgan fingerprint density at radius 2 is 1.83 bits per heavy atom. The molecule has 4 nitrogen and oxygen atoms in total. The Morgan fingerprint density at radius 3 is 2.52 bits per heavy atom. The van der Waals surface area contributed by atoms with Crippen LogP contribution in [0.15, 0.2) is 48.5 Å². The highest BCUT2D eigenvalue weighted by molar-refractivity contribution is 5.95. The van der Waals surface area contributed by atoms with Gasteiger partial charge >= 0.3 is 0 Å². The van der Waals surface area contributed by atoms with Crippen molar-refractivity contribution in [3.63, 3.8) is 0 Å². The molecule has 2 N–H and O–H groups in total. The van der Waals surface area contributed by atoms with Crippen LogP contribution in [0, 0.1) is 11.7 Å². The number of benzene rings is 2. The van der Waals surface area contributed by atoms with Crippen LogP contribution in [0.2, 0.25) is 0 Å². The molecule has 1 amide bonds. The van der Waals surface area contributed by atoms with Gasteiger partial charge in [-0.1, -0.05) is 26.0 Å². The number of hydrogen-bond acceptors (Lipinski definition) is 3. The second-order valence-electron chi connectivity index (χ2n) is 5.61. The zero-order valence-corrected chi connectivity index (χ0v) is 13.3. The Hall–Kier alpha value is -2.56. The number of rotatable bonds is 7. The predicted octanol–water partition coefficient (Wildman–Crippen LogP) is 3.91. The monoisotopic (exact) mass is 316 g/mol. The Balaban J connectivity index is 1.90. The summed E-state index contributed by atoms with van der Waals surface area (Å²) in [4.78, 5) is 12.0. The average Bonchev–Trinajstić information content (AvgIpc) is 2.53. The molecular formula is C18H21FN2O2. The van der Waals surface area contributed by atoms with Crippen molar-refractivity contribution in [2.75, 3.05) is 23.8 Å². The fourth-order valence-corrected chi connectivity index (χ4v) is 1.90. The molecular weight excluding hydrogens is 295 g/mol. The van der Waals surface area contributed by atoms with Gasteiger partial charge in [0.25, 0.3) is 0 Å². The molecule has 0 aromatic heterocycles. The summed E-state index contributed by atoms with van der Waals surface area (Å²) in [5, 5.41) is 5.76. The first-order valence-corrected chi connectivity index (χ1v) is 7.55. The number of carbonyl (C=O) groups excluding carboxylic acids is 1. The van der Waals surface area contributed by atoms with E-state index in [9.17, 15) is 9.18 Å². The average molecular weight is 316 g/mol. The lowest BCUT2D eigenvalue weighted by Crippen LogP contribution is -2.22. The Kier molecular flexibility index (Phi) is 5.97. The first kappa shape index (κ1) is 16.8. The van der Waals surface area contributed by atoms with Crippen LogP contribution in [0.25, 0.3) is 0 Å². The molecule has 0 spiro atoms. The minimum atomic E-state index is -0.309. The van der Waals surface area contributed by atoms with Crippen molar-refractivity contribution in [2.24, 2.45) is 5.92 Å². The molecule has 0 radical (unpaired) electrons. The van der Waals surface area contributed by atoms with Crippen LogP contribution in [-0.2, 0) is 4.79 Å². The molecule has 2 aromatic carbocycles. The smallest absolute Gasteiger partial charge is 0.243 e. The second-order valence-corrected chi connectivity index (χ2v) is 5.61. The van der Waals surface area contributed by atoms with E-state index in [1.807, 2.05) is 18.2 Å². The van der Waals surface area contributed by atoms with E-state index in [4.69, 9.17) is 4.74 Å². The quantitative estimate of drug-likeness (QED) is 0.814. The molecule has 2 rings (SSSR count). The van der Waals surface area contributed by atoms with Gasteiger partial charge in [0.1, 0.15) is 11.6 Å². The molecule has 0 saturated heterocycles. The van der Waals surface area contributed by atoms with Crippen molar-refractivity contribution in [1.29, 1.82) is 0 Å². The SMILES string of the molecule is CC(C)COc1ccccc1NC(=O)CNc1ccc(F)cc1. The van der Waals surface area contributed by atoms with Gasteiger partial charge in [-0.25, -0.2) is 4.39 Å². The highest BCUT2D eigenvalue weighted by Gasteiger charge is 2.08. The van der Waals surface area contributed by atoms with Crippen molar-refractivity contribution < 1.29 is 13.9 Å². The molecule has 122 valence electrons. The fraction of sp³-hybridized carbons (Fsp3) is 0.278. The van der Waals surface area contributed by atoms with Gasteiger partial charge in [0, 0.05) is 5.69 Å². The highest BCUT2D eigenvalue weighted by Crippen LogP contribution is 2.24. The molecule has 0 aliphatic carbocycles. The van der Waals surface area contributed by atoms with E-state index in [0.29, 0.717) is 29.6 Å². The largest absolute Gasteiger partial charge is 0.491 e. The lowest BCUT2D eigenvalue weighted by molar-refractivity contribution is -0.114. The molecule has 0 fully saturated rings. The lowest BCUT2D eigenvalue weighted by Gasteiger charge is -2.14. The Bertz CT molecular complexity index is 642. The number of hydrogen-bond donors (Lipinski definition) is 2. The molecule has 0 aliphatic rings. The number of para-hydroxylation sites is 2. The first-order chi connectivity index (χ1) is 11.0. The minimum Gasteiger partial charge on any atom is -0.491 e. The molecule has 0 unspecified atom stereocenters. The summed E-state index contributed by atoms with van der Waals surface area (Å²) in [5.41, 5.74) is 1.32. The summed E-state index contributed by atoms with van der Waals surface area (Å²) in [6.45, 7) is 4.80. The normalized spacial score (nSPS) is 10.4. The van der Waals surface area contributed by atoms with Crippen LogP contribution in [-0.4, -0.2) is 19.1 Å². The van der Waals surface area contributed by atoms with Gasteiger partial charge in [-0.15, -0.1) is 0 Å². The Morgan fingerprint density at radius 1 is 1.13 bits per heavy atom. The van der Waals surface area contributed by atoms with Gasteiger partial charge in [0.2, 0.25) is 5.91 Å². The summed E-state index contributed by atoms with van der Waals surface area (Å²) >= 11 is 0. The summed E-state index contributed by atoms with van der Waals surface area (Å²) in [7, 11) is 0. The van der Waals surface area contributed by atoms with Crippen LogP contribution < -0.4 is 15.4 Å². The van der Waals surface area contributed by atoms with E-state index in [1.54, 1.807) is 18.2 Å². The maximum atomic E-state index is 12.8. The molecule has 0 aliphatic heterocycles. The van der Waals surface area contributed by atoms with Gasteiger partial charge < -0.3 is 15.4 Å². The second kappa shape index (κ2) is 8.17. The predicted molar refractivity (Wildman–Crippen MR) is 90.3 cm³/mol. The molecule has 0 bridgehead atoms. The van der Waals surface area contributed by atoms with Gasteiger partial charge in [0.05, 0.1) is 18.8 Å². The van der Waals surface area contributed by atoms with Gasteiger partial charge in [-0.2, -0.15) is 0 Å². The van der Waals surface area contributed by atoms with Crippen molar-refractivity contribution in [1.82, 2.24) is 0 Å². The van der Waals surface area contributed by atoms with Gasteiger partial charge in [-0.3, -0.25) is 4.79 Å². The maximum absolute atomic E-state index is 12.8. The number of nitrogens with one attached hydrogen (secondary N) is 2. The van der Waals surface area contributed by atoms with Crippen LogP contribution in [0.1, 0.15) is 13.8 Å². The van der Waals surface area contributed by atoms with Crippen molar-refractivity contribution in [3.05, 3.63) is 54.3 Å². The minimum absolute atomic E-state index is 0.0874. The van der Waals surface area contributed by atoms with E-state index >= 15 is 0 Å². The van der Waals surface area contributed by atoms with Gasteiger partial charge in [0.15, 0.2) is 0 Å². The molecule has 0 saturated carbocycles. The van der Waals surface area contributed by atoms with Crippen LogP contribution >= 0.6 is 0 Å². The number of amides is 1. The zero-order chi connectivity index (χ0) is 16.7. The van der Waals surface area contributed by atoms with Crippen molar-refractivity contribution in [3.8, 4) is 5.75 Å². The topological polar surface area (TPSA) is 50.4 Å². The van der Waals surface area contributed by atoms with E-state index in [-0.39, 0.29) is 18.3 Å². The molecule has 0 atom stereocenters. The van der Waals surface area contributed by atoms with Crippen molar-refractivity contribution in [2.45, 2.75) is 13.8 Å². The standard InChI is InChI=1S/C18H21FN2O2/c1-13(2)12-23-17-6-4-3-5-16(17)21-18(22)11-20-15-9-7-14(19)8-10-15/h3-10,13,20H,11-12H2,1-2H3,(H,21,22). The summed E-state index contributed by atoms with van der Waals surface area (Å²) in [6, 6.07) is 13.2. The lowest BCUT2D eigenvalue weighted by atomic mass is 10.2. The fourth-order valence-electron chi connectivity index (χ4n) is 1.90. The number of halogens is 1. The third-order valence-corrected chi connectivity index (χ3v) is 3.03. The van der Waals surface area contributed by atoms with E-state index in [2.05, 4.69) is 24.5 Å². The molecule has 23 heavy (non-hydrogen) atoms. The molecule has 0 heterocycles. The number of ether oxygens (including phenoxy) is 1. The van der Waals surface area contributed by atoms with Gasteiger partial charge in [-0.05, 0) is 42.3 Å². The zero-order valence-electron chi connectivity index (χ0n) is 13.3. The number of carbonyl (C=O) groups is 1. The third-order valence-electron chi connectivity index (χ3n) is 3.03.